The van der Waals surface area contributed by atoms with E-state index in [0.29, 0.717) is 18.4 Å². The molecule has 3 aromatic carbocycles. The van der Waals surface area contributed by atoms with Crippen LogP contribution in [-0.4, -0.2) is 85.5 Å². The monoisotopic (exact) mass is 552 g/mol. The van der Waals surface area contributed by atoms with Gasteiger partial charge >= 0.3 is 6.03 Å². The minimum atomic E-state index is 0.0847. The Morgan fingerprint density at radius 2 is 1.44 bits per heavy atom. The number of benzene rings is 3. The zero-order chi connectivity index (χ0) is 28.7. The van der Waals surface area contributed by atoms with Gasteiger partial charge in [0.1, 0.15) is 0 Å². The van der Waals surface area contributed by atoms with Gasteiger partial charge in [-0.25, -0.2) is 4.79 Å². The number of rotatable bonds is 11. The second kappa shape index (κ2) is 13.7. The van der Waals surface area contributed by atoms with Crippen molar-refractivity contribution in [2.24, 2.45) is 11.8 Å². The summed E-state index contributed by atoms with van der Waals surface area (Å²) in [5.74, 6) is 1.21. The van der Waals surface area contributed by atoms with Crippen LogP contribution in [0.5, 0.6) is 0 Å². The van der Waals surface area contributed by atoms with Crippen molar-refractivity contribution in [2.75, 3.05) is 59.9 Å². The smallest absolute Gasteiger partial charge is 0.320 e. The quantitative estimate of drug-likeness (QED) is 0.292. The average molecular weight is 553 g/mol. The van der Waals surface area contributed by atoms with Crippen LogP contribution in [0.25, 0.3) is 0 Å². The molecule has 2 aliphatic heterocycles. The van der Waals surface area contributed by atoms with Crippen LogP contribution in [0.2, 0.25) is 0 Å². The molecular weight excluding hydrogens is 504 g/mol. The Labute approximate surface area is 247 Å². The van der Waals surface area contributed by atoms with Gasteiger partial charge in [0.25, 0.3) is 0 Å². The molecule has 218 valence electrons. The second-order valence-electron chi connectivity index (χ2n) is 12.8. The first-order valence-electron chi connectivity index (χ1n) is 15.4. The predicted molar refractivity (Wildman–Crippen MR) is 169 cm³/mol. The van der Waals surface area contributed by atoms with Gasteiger partial charge < -0.3 is 19.6 Å². The lowest BCUT2D eigenvalue weighted by atomic mass is 9.78. The third-order valence-electron chi connectivity index (χ3n) is 9.44. The van der Waals surface area contributed by atoms with Crippen molar-refractivity contribution in [2.45, 2.75) is 38.1 Å². The number of piperidine rings is 1. The van der Waals surface area contributed by atoms with E-state index in [0.717, 1.165) is 58.7 Å². The lowest BCUT2D eigenvalue weighted by Crippen LogP contribution is -2.44. The van der Waals surface area contributed by atoms with E-state index >= 15 is 0 Å². The molecule has 2 aliphatic rings. The number of nitrogens with zero attached hydrogens (tertiary/aromatic N) is 4. The van der Waals surface area contributed by atoms with Gasteiger partial charge in [0.2, 0.25) is 0 Å². The summed E-state index contributed by atoms with van der Waals surface area (Å²) in [7, 11) is 4.21. The number of likely N-dealkylation sites (tertiary alicyclic amines) is 2. The number of carbonyl (C=O) groups excluding carboxylic acids is 1. The molecule has 3 unspecified atom stereocenters. The van der Waals surface area contributed by atoms with E-state index in [1.807, 2.05) is 30.1 Å². The zero-order valence-corrected chi connectivity index (χ0v) is 25.3. The molecule has 3 aromatic rings. The minimum Gasteiger partial charge on any atom is -0.324 e. The molecule has 2 amide bonds. The summed E-state index contributed by atoms with van der Waals surface area (Å²) in [5.41, 5.74) is 4.10. The molecule has 2 saturated heterocycles. The Morgan fingerprint density at radius 3 is 2.12 bits per heavy atom. The molecule has 0 aromatic heterocycles. The fourth-order valence-electron chi connectivity index (χ4n) is 6.97. The van der Waals surface area contributed by atoms with Crippen molar-refractivity contribution in [3.05, 3.63) is 108 Å². The minimum absolute atomic E-state index is 0.0847. The van der Waals surface area contributed by atoms with Crippen LogP contribution < -0.4 is 0 Å². The molecule has 3 atom stereocenters. The molecule has 0 bridgehead atoms. The molecule has 0 N–H and O–H groups in total. The highest BCUT2D eigenvalue weighted by Gasteiger charge is 2.40. The molecule has 2 heterocycles. The summed E-state index contributed by atoms with van der Waals surface area (Å²) in [6.07, 6.45) is 3.40. The zero-order valence-electron chi connectivity index (χ0n) is 25.3. The predicted octanol–water partition coefficient (Wildman–Crippen LogP) is 6.01. The van der Waals surface area contributed by atoms with E-state index in [1.54, 1.807) is 0 Å². The summed E-state index contributed by atoms with van der Waals surface area (Å²) < 4.78 is 0. The van der Waals surface area contributed by atoms with Gasteiger partial charge in [-0.05, 0) is 67.9 Å². The van der Waals surface area contributed by atoms with Crippen molar-refractivity contribution in [3.63, 3.8) is 0 Å². The molecular formula is C36H48N4O. The van der Waals surface area contributed by atoms with Crippen LogP contribution in [0, 0.1) is 11.8 Å². The van der Waals surface area contributed by atoms with E-state index in [1.165, 1.54) is 23.1 Å². The third-order valence-corrected chi connectivity index (χ3v) is 9.44. The van der Waals surface area contributed by atoms with Gasteiger partial charge in [0, 0.05) is 51.7 Å². The molecule has 0 aliphatic carbocycles. The highest BCUT2D eigenvalue weighted by molar-refractivity contribution is 5.74. The summed E-state index contributed by atoms with van der Waals surface area (Å²) in [6.45, 7) is 10.3. The van der Waals surface area contributed by atoms with Crippen LogP contribution in [-0.2, 0) is 18.4 Å². The fourth-order valence-corrected chi connectivity index (χ4v) is 6.97. The third kappa shape index (κ3) is 7.78. The maximum Gasteiger partial charge on any atom is 0.320 e. The van der Waals surface area contributed by atoms with Crippen molar-refractivity contribution in [3.8, 4) is 0 Å². The van der Waals surface area contributed by atoms with Gasteiger partial charge in [-0.1, -0.05) is 97.9 Å². The van der Waals surface area contributed by atoms with Crippen molar-refractivity contribution < 1.29 is 4.79 Å². The highest BCUT2D eigenvalue weighted by atomic mass is 16.2. The van der Waals surface area contributed by atoms with E-state index in [-0.39, 0.29) is 11.4 Å². The number of hydrogen-bond acceptors (Lipinski definition) is 3. The van der Waals surface area contributed by atoms with Gasteiger partial charge in [0.05, 0.1) is 0 Å². The van der Waals surface area contributed by atoms with E-state index < -0.39 is 0 Å². The number of hydrogen-bond donors (Lipinski definition) is 0. The molecule has 5 heteroatoms. The molecule has 5 nitrogen and oxygen atoms in total. The molecule has 0 spiro atoms. The first kappa shape index (κ1) is 29.3. The first-order valence-corrected chi connectivity index (χ1v) is 15.4. The maximum atomic E-state index is 13.3. The van der Waals surface area contributed by atoms with Gasteiger partial charge in [-0.2, -0.15) is 0 Å². The Bertz CT molecular complexity index is 1220. The largest absolute Gasteiger partial charge is 0.324 e. The number of likely N-dealkylation sites (N-methyl/N-ethyl adjacent to an activating group) is 1. The number of amides is 2. The molecule has 2 fully saturated rings. The van der Waals surface area contributed by atoms with Crippen LogP contribution in [0.3, 0.4) is 0 Å². The standard InChI is InChI=1S/C36H48N4O/c1-36(34-17-11-6-12-18-34,29-37(2)22-19-30-13-7-4-8-14-30)21-24-39-23-20-32-27-40(28-33(32)26-39)35(41)38(3)25-31-15-9-5-10-16-31/h4-18,32-33H,19-29H2,1-3H3. The van der Waals surface area contributed by atoms with Crippen molar-refractivity contribution in [1.29, 1.82) is 0 Å². The lowest BCUT2D eigenvalue weighted by molar-refractivity contribution is 0.131. The number of carbonyl (C=O) groups is 1. The number of urea groups is 1. The number of fused-ring (bicyclic) bond motifs is 1. The SMILES string of the molecule is CN(CCc1ccccc1)CC(C)(CCN1CCC2CN(C(=O)N(C)Cc3ccccc3)CC2C1)c1ccccc1. The van der Waals surface area contributed by atoms with Crippen molar-refractivity contribution in [1.82, 2.24) is 19.6 Å². The van der Waals surface area contributed by atoms with Crippen LogP contribution in [0.15, 0.2) is 91.0 Å². The normalized spacial score (nSPS) is 20.5. The second-order valence-corrected chi connectivity index (χ2v) is 12.8. The van der Waals surface area contributed by atoms with Gasteiger partial charge in [0.15, 0.2) is 0 Å². The lowest BCUT2D eigenvalue weighted by Gasteiger charge is -2.39. The fraction of sp³-hybridized carbons (Fsp3) is 0.472. The Hall–Kier alpha value is -3.15. The summed E-state index contributed by atoms with van der Waals surface area (Å²) in [6, 6.07) is 32.4. The van der Waals surface area contributed by atoms with E-state index in [4.69, 9.17) is 0 Å². The molecule has 5 rings (SSSR count). The Balaban J connectivity index is 1.15. The molecule has 0 saturated carbocycles. The van der Waals surface area contributed by atoms with Gasteiger partial charge in [-0.15, -0.1) is 0 Å². The summed E-state index contributed by atoms with van der Waals surface area (Å²) >= 11 is 0. The van der Waals surface area contributed by atoms with Gasteiger partial charge in [-0.3, -0.25) is 0 Å². The van der Waals surface area contributed by atoms with Crippen LogP contribution >= 0.6 is 0 Å². The highest BCUT2D eigenvalue weighted by Crippen LogP contribution is 2.34. The van der Waals surface area contributed by atoms with E-state index in [2.05, 4.69) is 101 Å². The Kier molecular flexibility index (Phi) is 9.79. The topological polar surface area (TPSA) is 30.0 Å². The van der Waals surface area contributed by atoms with Crippen molar-refractivity contribution >= 4 is 6.03 Å². The summed E-state index contributed by atoms with van der Waals surface area (Å²) in [4.78, 5) is 22.4. The average Bonchev–Trinajstić information content (AvgIpc) is 3.44. The first-order chi connectivity index (χ1) is 19.9. The molecule has 41 heavy (non-hydrogen) atoms. The summed E-state index contributed by atoms with van der Waals surface area (Å²) in [5, 5.41) is 0. The van der Waals surface area contributed by atoms with Crippen LogP contribution in [0.1, 0.15) is 36.5 Å². The molecule has 0 radical (unpaired) electrons. The van der Waals surface area contributed by atoms with E-state index in [9.17, 15) is 4.79 Å². The van der Waals surface area contributed by atoms with Crippen LogP contribution in [0.4, 0.5) is 4.79 Å². The Morgan fingerprint density at radius 1 is 0.829 bits per heavy atom. The maximum absolute atomic E-state index is 13.3.